The van der Waals surface area contributed by atoms with Crippen LogP contribution >= 0.6 is 11.6 Å². The van der Waals surface area contributed by atoms with Gasteiger partial charge in [0, 0.05) is 34.6 Å². The molecule has 0 radical (unpaired) electrons. The fourth-order valence-electron chi connectivity index (χ4n) is 3.04. The van der Waals surface area contributed by atoms with Crippen LogP contribution in [0.25, 0.3) is 10.9 Å². The van der Waals surface area contributed by atoms with E-state index < -0.39 is 5.97 Å². The molecule has 138 valence electrons. The highest BCUT2D eigenvalue weighted by Crippen LogP contribution is 2.30. The topological polar surface area (TPSA) is 68.7 Å². The lowest BCUT2D eigenvalue weighted by atomic mass is 9.96. The van der Waals surface area contributed by atoms with Crippen molar-refractivity contribution < 1.29 is 19.1 Å². The molecule has 7 heteroatoms. The van der Waals surface area contributed by atoms with E-state index in [1.54, 1.807) is 23.1 Å². The van der Waals surface area contributed by atoms with Crippen LogP contribution in [0.3, 0.4) is 0 Å². The summed E-state index contributed by atoms with van der Waals surface area (Å²) in [5.74, 6) is -0.189. The maximum atomic E-state index is 12.5. The lowest BCUT2D eigenvalue weighted by Gasteiger charge is -2.29. The Morgan fingerprint density at radius 1 is 1.35 bits per heavy atom. The molecule has 3 rings (SSSR count). The number of carbonyl (C=O) groups is 2. The molecule has 2 aromatic rings. The van der Waals surface area contributed by atoms with Crippen molar-refractivity contribution in [2.45, 2.75) is 26.8 Å². The first-order valence-corrected chi connectivity index (χ1v) is 8.89. The number of aromatic nitrogens is 1. The summed E-state index contributed by atoms with van der Waals surface area (Å²) in [6.07, 6.45) is 0.162. The average Bonchev–Trinajstić information content (AvgIpc) is 2.62. The van der Waals surface area contributed by atoms with Crippen molar-refractivity contribution in [3.63, 3.8) is 0 Å². The molecule has 26 heavy (non-hydrogen) atoms. The van der Waals surface area contributed by atoms with E-state index in [2.05, 4.69) is 4.98 Å². The smallest absolute Gasteiger partial charge is 0.410 e. The summed E-state index contributed by atoms with van der Waals surface area (Å²) in [7, 11) is 1.34. The van der Waals surface area contributed by atoms with Crippen molar-refractivity contribution >= 4 is 34.6 Å². The number of hydrogen-bond donors (Lipinski definition) is 0. The van der Waals surface area contributed by atoms with Crippen LogP contribution in [0.5, 0.6) is 0 Å². The van der Waals surface area contributed by atoms with Gasteiger partial charge in [-0.25, -0.2) is 9.59 Å². The molecular weight excluding hydrogens is 356 g/mol. The van der Waals surface area contributed by atoms with Crippen molar-refractivity contribution in [1.29, 1.82) is 0 Å². The normalized spacial score (nSPS) is 13.7. The number of esters is 1. The van der Waals surface area contributed by atoms with Gasteiger partial charge in [-0.15, -0.1) is 0 Å². The predicted octanol–water partition coefficient (Wildman–Crippen LogP) is 3.83. The molecule has 0 N–H and O–H groups in total. The second-order valence-corrected chi connectivity index (χ2v) is 7.14. The van der Waals surface area contributed by atoms with Crippen molar-refractivity contribution in [1.82, 2.24) is 9.88 Å². The molecule has 1 aromatic heterocycles. The molecule has 1 aliphatic heterocycles. The fraction of sp³-hybridized carbons (Fsp3) is 0.421. The van der Waals surface area contributed by atoms with Crippen molar-refractivity contribution in [2.75, 3.05) is 20.3 Å². The second kappa shape index (κ2) is 7.50. The van der Waals surface area contributed by atoms with E-state index in [1.165, 1.54) is 7.11 Å². The highest BCUT2D eigenvalue weighted by molar-refractivity contribution is 6.31. The SMILES string of the molecule is COC(=O)c1c2c(nc3cc(Cl)ccc13)CCN(C(=O)OCC(C)C)C2. The van der Waals surface area contributed by atoms with Crippen molar-refractivity contribution in [2.24, 2.45) is 5.92 Å². The molecule has 0 spiro atoms. The van der Waals surface area contributed by atoms with E-state index in [0.717, 1.165) is 5.69 Å². The molecule has 1 aromatic carbocycles. The summed E-state index contributed by atoms with van der Waals surface area (Å²) in [4.78, 5) is 31.0. The van der Waals surface area contributed by atoms with E-state index in [4.69, 9.17) is 21.1 Å². The van der Waals surface area contributed by atoms with Crippen LogP contribution < -0.4 is 0 Å². The molecule has 6 nitrogen and oxygen atoms in total. The van der Waals surface area contributed by atoms with Crippen molar-refractivity contribution in [3.8, 4) is 0 Å². The number of amides is 1. The Morgan fingerprint density at radius 3 is 2.81 bits per heavy atom. The number of nitrogens with zero attached hydrogens (tertiary/aromatic N) is 2. The molecule has 0 bridgehead atoms. The summed E-state index contributed by atoms with van der Waals surface area (Å²) >= 11 is 6.07. The van der Waals surface area contributed by atoms with E-state index in [0.29, 0.717) is 46.6 Å². The Kier molecular flexibility index (Phi) is 5.32. The van der Waals surface area contributed by atoms with Crippen LogP contribution in [0.15, 0.2) is 18.2 Å². The number of ether oxygens (including phenoxy) is 2. The predicted molar refractivity (Wildman–Crippen MR) is 98.4 cm³/mol. The van der Waals surface area contributed by atoms with Gasteiger partial charge in [0.1, 0.15) is 0 Å². The Balaban J connectivity index is 2.01. The summed E-state index contributed by atoms with van der Waals surface area (Å²) in [6, 6.07) is 5.20. The molecule has 2 heterocycles. The van der Waals surface area contributed by atoms with Gasteiger partial charge in [0.2, 0.25) is 0 Å². The lowest BCUT2D eigenvalue weighted by Crippen LogP contribution is -2.38. The number of hydrogen-bond acceptors (Lipinski definition) is 5. The molecule has 0 fully saturated rings. The van der Waals surface area contributed by atoms with E-state index >= 15 is 0 Å². The first-order valence-electron chi connectivity index (χ1n) is 8.51. The first kappa shape index (κ1) is 18.5. The number of rotatable bonds is 3. The molecule has 1 aliphatic rings. The minimum atomic E-state index is -0.451. The van der Waals surface area contributed by atoms with Gasteiger partial charge < -0.3 is 14.4 Å². The standard InChI is InChI=1S/C19H21ClN2O4/c1-11(2)10-26-19(24)22-7-6-15-14(9-22)17(18(23)25-3)13-5-4-12(20)8-16(13)21-15/h4-5,8,11H,6-7,9-10H2,1-3H3. The van der Waals surface area contributed by atoms with Crippen LogP contribution in [-0.4, -0.2) is 42.2 Å². The molecule has 0 aliphatic carbocycles. The number of benzene rings is 1. The van der Waals surface area contributed by atoms with Crippen LogP contribution in [0.2, 0.25) is 5.02 Å². The third-order valence-corrected chi connectivity index (χ3v) is 4.53. The molecule has 0 unspecified atom stereocenters. The highest BCUT2D eigenvalue weighted by atomic mass is 35.5. The van der Waals surface area contributed by atoms with E-state index in [-0.39, 0.29) is 18.6 Å². The van der Waals surface area contributed by atoms with E-state index in [1.807, 2.05) is 13.8 Å². The molecule has 0 atom stereocenters. The van der Waals surface area contributed by atoms with Crippen LogP contribution in [0.4, 0.5) is 4.79 Å². The van der Waals surface area contributed by atoms with Gasteiger partial charge in [-0.2, -0.15) is 0 Å². The molecule has 1 amide bonds. The zero-order valence-corrected chi connectivity index (χ0v) is 15.8. The zero-order valence-electron chi connectivity index (χ0n) is 15.0. The Bertz CT molecular complexity index is 866. The Labute approximate surface area is 157 Å². The Hall–Kier alpha value is -2.34. The Morgan fingerprint density at radius 2 is 2.12 bits per heavy atom. The van der Waals surface area contributed by atoms with E-state index in [9.17, 15) is 9.59 Å². The number of carbonyl (C=O) groups excluding carboxylic acids is 2. The summed E-state index contributed by atoms with van der Waals surface area (Å²) in [5, 5.41) is 1.22. The fourth-order valence-corrected chi connectivity index (χ4v) is 3.20. The minimum Gasteiger partial charge on any atom is -0.465 e. The highest BCUT2D eigenvalue weighted by Gasteiger charge is 2.29. The number of halogens is 1. The first-order chi connectivity index (χ1) is 12.4. The average molecular weight is 377 g/mol. The second-order valence-electron chi connectivity index (χ2n) is 6.71. The third kappa shape index (κ3) is 3.60. The maximum absolute atomic E-state index is 12.5. The quantitative estimate of drug-likeness (QED) is 0.761. The molecule has 0 saturated heterocycles. The van der Waals surface area contributed by atoms with Gasteiger partial charge in [0.15, 0.2) is 0 Å². The van der Waals surface area contributed by atoms with Gasteiger partial charge in [0.25, 0.3) is 0 Å². The van der Waals surface area contributed by atoms with Gasteiger partial charge in [-0.1, -0.05) is 31.5 Å². The minimum absolute atomic E-state index is 0.261. The largest absolute Gasteiger partial charge is 0.465 e. The number of pyridine rings is 1. The van der Waals surface area contributed by atoms with Crippen LogP contribution in [0, 0.1) is 5.92 Å². The van der Waals surface area contributed by atoms with Crippen LogP contribution in [0.1, 0.15) is 35.5 Å². The lowest BCUT2D eigenvalue weighted by molar-refractivity contribution is 0.0595. The maximum Gasteiger partial charge on any atom is 0.410 e. The molecular formula is C19H21ClN2O4. The summed E-state index contributed by atoms with van der Waals surface area (Å²) in [6.45, 7) is 5.08. The number of fused-ring (bicyclic) bond motifs is 2. The van der Waals surface area contributed by atoms with Gasteiger partial charge >= 0.3 is 12.1 Å². The number of methoxy groups -OCH3 is 1. The van der Waals surface area contributed by atoms with Crippen molar-refractivity contribution in [3.05, 3.63) is 40.0 Å². The summed E-state index contributed by atoms with van der Waals surface area (Å²) in [5.41, 5.74) is 2.57. The third-order valence-electron chi connectivity index (χ3n) is 4.29. The summed E-state index contributed by atoms with van der Waals surface area (Å²) < 4.78 is 10.3. The zero-order chi connectivity index (χ0) is 18.8. The van der Waals surface area contributed by atoms with Crippen LogP contribution in [-0.2, 0) is 22.4 Å². The molecule has 0 saturated carbocycles. The monoisotopic (exact) mass is 376 g/mol. The van der Waals surface area contributed by atoms with Gasteiger partial charge in [-0.05, 0) is 18.1 Å². The van der Waals surface area contributed by atoms with Gasteiger partial charge in [-0.3, -0.25) is 4.98 Å². The van der Waals surface area contributed by atoms with Gasteiger partial charge in [0.05, 0.1) is 31.3 Å².